The summed E-state index contributed by atoms with van der Waals surface area (Å²) in [5.74, 6) is -0.310. The number of hydrogen-bond acceptors (Lipinski definition) is 5. The average Bonchev–Trinajstić information content (AvgIpc) is 3.02. The van der Waals surface area contributed by atoms with Crippen LogP contribution in [0.1, 0.15) is 38.3 Å². The monoisotopic (exact) mass is 368 g/mol. The van der Waals surface area contributed by atoms with Gasteiger partial charge >= 0.3 is 0 Å². The minimum absolute atomic E-state index is 0. The maximum absolute atomic E-state index is 12.0. The number of hydrogen-bond donors (Lipinski definition) is 3. The second-order valence-electron chi connectivity index (χ2n) is 4.90. The third kappa shape index (κ3) is 5.59. The normalized spacial score (nSPS) is 9.92. The molecule has 0 aliphatic carbocycles. The van der Waals surface area contributed by atoms with Crippen LogP contribution >= 0.6 is 23.7 Å². The van der Waals surface area contributed by atoms with Gasteiger partial charge in [0.1, 0.15) is 5.69 Å². The van der Waals surface area contributed by atoms with Crippen molar-refractivity contribution in [2.24, 2.45) is 5.73 Å². The van der Waals surface area contributed by atoms with E-state index in [1.54, 1.807) is 17.5 Å². The minimum atomic E-state index is -0.211. The molecule has 2 aromatic rings. The summed E-state index contributed by atoms with van der Waals surface area (Å²) in [5, 5.41) is 8.16. The van der Waals surface area contributed by atoms with E-state index in [2.05, 4.69) is 15.6 Å². The Bertz CT molecular complexity index is 673. The van der Waals surface area contributed by atoms with Gasteiger partial charge in [-0.3, -0.25) is 9.59 Å². The van der Waals surface area contributed by atoms with Crippen LogP contribution in [0.3, 0.4) is 0 Å². The fourth-order valence-corrected chi connectivity index (χ4v) is 2.76. The van der Waals surface area contributed by atoms with E-state index in [1.807, 2.05) is 19.1 Å². The first-order valence-corrected chi connectivity index (χ1v) is 8.31. The lowest BCUT2D eigenvalue weighted by Gasteiger charge is -2.06. The lowest BCUT2D eigenvalue weighted by Crippen LogP contribution is -2.24. The number of nitrogens with two attached hydrogens (primary N) is 1. The van der Waals surface area contributed by atoms with Crippen molar-refractivity contribution >= 4 is 35.6 Å². The molecule has 2 rings (SSSR count). The van der Waals surface area contributed by atoms with E-state index >= 15 is 0 Å². The van der Waals surface area contributed by atoms with Gasteiger partial charge in [-0.2, -0.15) is 0 Å². The molecule has 4 N–H and O–H groups in total. The van der Waals surface area contributed by atoms with Crippen LogP contribution in [0.5, 0.6) is 0 Å². The van der Waals surface area contributed by atoms with Crippen LogP contribution in [-0.4, -0.2) is 29.9 Å². The van der Waals surface area contributed by atoms with E-state index in [1.165, 1.54) is 11.3 Å². The van der Waals surface area contributed by atoms with E-state index < -0.39 is 0 Å². The molecule has 0 unspecified atom stereocenters. The largest absolute Gasteiger partial charge is 0.352 e. The summed E-state index contributed by atoms with van der Waals surface area (Å²) >= 11 is 1.44. The number of nitrogens with one attached hydrogen (secondary N) is 2. The van der Waals surface area contributed by atoms with E-state index in [4.69, 9.17) is 5.73 Å². The van der Waals surface area contributed by atoms with Crippen molar-refractivity contribution in [3.63, 3.8) is 0 Å². The molecule has 6 nitrogen and oxygen atoms in total. The number of thiazole rings is 1. The Hall–Kier alpha value is -1.96. The SMILES string of the molecule is CCNC(=O)c1ccc(CNC(=O)c2csc(CCN)n2)cc1.Cl. The van der Waals surface area contributed by atoms with E-state index in [9.17, 15) is 9.59 Å². The molecule has 0 aliphatic rings. The molecule has 24 heavy (non-hydrogen) atoms. The molecule has 0 bridgehead atoms. The molecule has 0 aliphatic heterocycles. The maximum Gasteiger partial charge on any atom is 0.271 e. The highest BCUT2D eigenvalue weighted by molar-refractivity contribution is 7.09. The summed E-state index contributed by atoms with van der Waals surface area (Å²) in [5.41, 5.74) is 7.41. The van der Waals surface area contributed by atoms with Gasteiger partial charge in [0.25, 0.3) is 11.8 Å². The van der Waals surface area contributed by atoms with Crippen LogP contribution < -0.4 is 16.4 Å². The lowest BCUT2D eigenvalue weighted by molar-refractivity contribution is 0.0941. The zero-order valence-electron chi connectivity index (χ0n) is 13.4. The van der Waals surface area contributed by atoms with Gasteiger partial charge in [-0.15, -0.1) is 23.7 Å². The molecule has 8 heteroatoms. The van der Waals surface area contributed by atoms with Crippen molar-refractivity contribution in [1.29, 1.82) is 0 Å². The van der Waals surface area contributed by atoms with E-state index in [0.717, 1.165) is 10.6 Å². The average molecular weight is 369 g/mol. The lowest BCUT2D eigenvalue weighted by atomic mass is 10.1. The van der Waals surface area contributed by atoms with Gasteiger partial charge in [0.15, 0.2) is 0 Å². The summed E-state index contributed by atoms with van der Waals surface area (Å²) in [4.78, 5) is 27.9. The van der Waals surface area contributed by atoms with Crippen molar-refractivity contribution in [1.82, 2.24) is 15.6 Å². The first kappa shape index (κ1) is 20.1. The molecule has 0 atom stereocenters. The van der Waals surface area contributed by atoms with Gasteiger partial charge in [-0.25, -0.2) is 4.98 Å². The van der Waals surface area contributed by atoms with Gasteiger partial charge in [0, 0.05) is 30.5 Å². The highest BCUT2D eigenvalue weighted by Crippen LogP contribution is 2.10. The van der Waals surface area contributed by atoms with Gasteiger partial charge in [0.2, 0.25) is 0 Å². The van der Waals surface area contributed by atoms with E-state index in [-0.39, 0.29) is 24.2 Å². The molecule has 0 saturated carbocycles. The first-order valence-electron chi connectivity index (χ1n) is 7.43. The summed E-state index contributed by atoms with van der Waals surface area (Å²) in [6.45, 7) is 3.38. The first-order chi connectivity index (χ1) is 11.1. The summed E-state index contributed by atoms with van der Waals surface area (Å²) in [6.07, 6.45) is 0.680. The molecule has 0 saturated heterocycles. The Morgan fingerprint density at radius 2 is 1.88 bits per heavy atom. The number of rotatable bonds is 7. The fourth-order valence-electron chi connectivity index (χ4n) is 1.96. The predicted molar refractivity (Wildman–Crippen MR) is 97.7 cm³/mol. The third-order valence-corrected chi connectivity index (χ3v) is 4.06. The summed E-state index contributed by atoms with van der Waals surface area (Å²) < 4.78 is 0. The Balaban J connectivity index is 0.00000288. The fraction of sp³-hybridized carbons (Fsp3) is 0.312. The molecule has 1 heterocycles. The number of amides is 2. The van der Waals surface area contributed by atoms with Crippen LogP contribution in [0.4, 0.5) is 0 Å². The molecule has 0 radical (unpaired) electrons. The van der Waals surface area contributed by atoms with Crippen molar-refractivity contribution in [3.8, 4) is 0 Å². The molecule has 0 spiro atoms. The third-order valence-electron chi connectivity index (χ3n) is 3.15. The second-order valence-corrected chi connectivity index (χ2v) is 5.85. The van der Waals surface area contributed by atoms with Crippen LogP contribution in [0, 0.1) is 0 Å². The summed E-state index contributed by atoms with van der Waals surface area (Å²) in [6, 6.07) is 7.14. The number of halogens is 1. The highest BCUT2D eigenvalue weighted by Gasteiger charge is 2.10. The zero-order chi connectivity index (χ0) is 16.7. The van der Waals surface area contributed by atoms with Crippen LogP contribution in [0.25, 0.3) is 0 Å². The quantitative estimate of drug-likeness (QED) is 0.693. The molecular formula is C16H21ClN4O2S. The zero-order valence-corrected chi connectivity index (χ0v) is 15.0. The Kier molecular flexibility index (Phi) is 8.39. The Morgan fingerprint density at radius 1 is 1.17 bits per heavy atom. The van der Waals surface area contributed by atoms with Gasteiger partial charge in [0.05, 0.1) is 5.01 Å². The molecule has 2 amide bonds. The Morgan fingerprint density at radius 3 is 2.50 bits per heavy atom. The number of aromatic nitrogens is 1. The maximum atomic E-state index is 12.0. The molecule has 1 aromatic heterocycles. The van der Waals surface area contributed by atoms with Crippen molar-refractivity contribution in [3.05, 3.63) is 51.5 Å². The van der Waals surface area contributed by atoms with E-state index in [0.29, 0.717) is 37.3 Å². The smallest absolute Gasteiger partial charge is 0.271 e. The molecule has 130 valence electrons. The van der Waals surface area contributed by atoms with Crippen molar-refractivity contribution in [2.45, 2.75) is 19.9 Å². The number of carbonyl (C=O) groups is 2. The van der Waals surface area contributed by atoms with Crippen molar-refractivity contribution < 1.29 is 9.59 Å². The minimum Gasteiger partial charge on any atom is -0.352 e. The van der Waals surface area contributed by atoms with Crippen molar-refractivity contribution in [2.75, 3.05) is 13.1 Å². The van der Waals surface area contributed by atoms with Crippen LogP contribution in [0.15, 0.2) is 29.6 Å². The van der Waals surface area contributed by atoms with Gasteiger partial charge in [-0.1, -0.05) is 12.1 Å². The topological polar surface area (TPSA) is 97.1 Å². The number of benzene rings is 1. The van der Waals surface area contributed by atoms with Gasteiger partial charge in [-0.05, 0) is 31.2 Å². The van der Waals surface area contributed by atoms with Crippen LogP contribution in [-0.2, 0) is 13.0 Å². The molecule has 1 aromatic carbocycles. The highest BCUT2D eigenvalue weighted by atomic mass is 35.5. The summed E-state index contributed by atoms with van der Waals surface area (Å²) in [7, 11) is 0. The Labute approximate surface area is 151 Å². The molecule has 0 fully saturated rings. The second kappa shape index (κ2) is 10.0. The molecular weight excluding hydrogens is 348 g/mol. The predicted octanol–water partition coefficient (Wildman–Crippen LogP) is 1.75. The van der Waals surface area contributed by atoms with Gasteiger partial charge < -0.3 is 16.4 Å². The number of carbonyl (C=O) groups excluding carboxylic acids is 2. The number of nitrogens with zero attached hydrogens (tertiary/aromatic N) is 1. The van der Waals surface area contributed by atoms with Crippen LogP contribution in [0.2, 0.25) is 0 Å². The standard InChI is InChI=1S/C16H20N4O2S.ClH/c1-2-18-15(21)12-5-3-11(4-6-12)9-19-16(22)13-10-23-14(20-13)7-8-17;/h3-6,10H,2,7-9,17H2,1H3,(H,18,21)(H,19,22);1H.